The maximum atomic E-state index is 10.0. The zero-order chi connectivity index (χ0) is 11.3. The number of carbonyl (C=O) groups is 2. The third kappa shape index (κ3) is 148. The van der Waals surface area contributed by atoms with Crippen molar-refractivity contribution >= 4 is 11.9 Å². The molecule has 0 fully saturated rings. The van der Waals surface area contributed by atoms with Gasteiger partial charge >= 0.3 is 18.0 Å². The first-order valence-corrected chi connectivity index (χ1v) is 2.90. The Bertz CT molecular complexity index is 148. The molecule has 5 heteroatoms. The number of hydrogen-bond acceptors (Lipinski definition) is 4. The van der Waals surface area contributed by atoms with Crippen LogP contribution in [0.3, 0.4) is 0 Å². The van der Waals surface area contributed by atoms with Gasteiger partial charge in [-0.05, 0) is 12.2 Å². The Hall–Kier alpha value is -1.87. The van der Waals surface area contributed by atoms with E-state index in [0.29, 0.717) is 0 Å². The van der Waals surface area contributed by atoms with Gasteiger partial charge in [0.2, 0.25) is 0 Å². The number of aliphatic carboxylic acids is 2. The van der Waals surface area contributed by atoms with Crippen LogP contribution in [0.4, 0.5) is 4.39 Å². The van der Waals surface area contributed by atoms with Crippen LogP contribution >= 0.6 is 0 Å². The predicted molar refractivity (Wildman–Crippen MR) is 40.4 cm³/mol. The van der Waals surface area contributed by atoms with Crippen LogP contribution in [0.5, 0.6) is 0 Å². The van der Waals surface area contributed by atoms with Gasteiger partial charge in [-0.3, -0.25) is 0 Å². The molecule has 0 unspecified atom stereocenters. The molecule has 0 saturated carbocycles. The minimum absolute atomic E-state index is 0.722. The highest BCUT2D eigenvalue weighted by atomic mass is 19.1. The summed E-state index contributed by atoms with van der Waals surface area (Å²) in [5.74, 6) is -2.46. The normalized spacial score (nSPS) is 5.69. The van der Waals surface area contributed by atoms with Crippen molar-refractivity contribution < 1.29 is 24.2 Å². The zero-order valence-corrected chi connectivity index (χ0v) is 7.08. The first-order chi connectivity index (χ1) is 5.95. The van der Waals surface area contributed by atoms with Crippen LogP contribution in [0.1, 0.15) is 6.92 Å². The van der Waals surface area contributed by atoms with E-state index in [9.17, 15) is 4.39 Å². The van der Waals surface area contributed by atoms with Crippen molar-refractivity contribution in [2.75, 3.05) is 0 Å². The fourth-order valence-electron chi connectivity index (χ4n) is 0. The molecule has 0 spiro atoms. The van der Waals surface area contributed by atoms with Crippen molar-refractivity contribution in [3.05, 3.63) is 32.0 Å². The van der Waals surface area contributed by atoms with E-state index in [0.717, 1.165) is 12.2 Å². The summed E-state index contributed by atoms with van der Waals surface area (Å²) in [5.41, 5.74) is 0. The third-order valence-electron chi connectivity index (χ3n) is 0.333. The second kappa shape index (κ2) is 16.6. The van der Waals surface area contributed by atoms with Gasteiger partial charge in [0.1, 0.15) is 0 Å². The smallest absolute Gasteiger partial charge is 0.545 e. The van der Waals surface area contributed by atoms with Crippen LogP contribution in [-0.2, 0) is 9.59 Å². The first-order valence-electron chi connectivity index (χ1n) is 2.90. The summed E-state index contributed by atoms with van der Waals surface area (Å²) in [6, 6.07) is 0. The molecule has 0 aromatic heterocycles. The second-order valence-electron chi connectivity index (χ2n) is 1.24. The van der Waals surface area contributed by atoms with Crippen LogP contribution in [0, 0.1) is 6.67 Å². The fourth-order valence-corrected chi connectivity index (χ4v) is 0. The summed E-state index contributed by atoms with van der Waals surface area (Å²) >= 11 is 0. The molecule has 0 N–H and O–H groups in total. The predicted octanol–water partition coefficient (Wildman–Crippen LogP) is -1.14. The van der Waals surface area contributed by atoms with Gasteiger partial charge in [0.05, 0.1) is 11.9 Å². The Morgan fingerprint density at radius 2 is 1.31 bits per heavy atom. The molecule has 0 saturated heterocycles. The minimum Gasteiger partial charge on any atom is -0.545 e. The Labute approximate surface area is 76.0 Å². The quantitative estimate of drug-likeness (QED) is 0.513. The van der Waals surface area contributed by atoms with Gasteiger partial charge in [0, 0.05) is 0 Å². The van der Waals surface area contributed by atoms with E-state index in [1.54, 1.807) is 0 Å². The Balaban J connectivity index is -0.000000120. The number of rotatable bonds is 2. The highest BCUT2D eigenvalue weighted by Crippen LogP contribution is 1.61. The van der Waals surface area contributed by atoms with Crippen LogP contribution < -0.4 is 10.2 Å². The molecule has 13 heavy (non-hydrogen) atoms. The SMILES string of the molecule is C=CC(=O)[O-].C=CC(=O)[O-].C[C+2]F. The largest absolute Gasteiger partial charge is 0.853 e. The Morgan fingerprint density at radius 3 is 1.31 bits per heavy atom. The van der Waals surface area contributed by atoms with Gasteiger partial charge in [-0.15, -0.1) is 0 Å². The molecule has 0 aliphatic heterocycles. The lowest BCUT2D eigenvalue weighted by atomic mass is 10.7. The molecule has 72 valence electrons. The van der Waals surface area contributed by atoms with Crippen molar-refractivity contribution in [1.29, 1.82) is 0 Å². The summed E-state index contributed by atoms with van der Waals surface area (Å²) in [4.78, 5) is 18.3. The molecule has 0 aliphatic rings. The molecule has 0 amide bonds. The molecule has 0 radical (unpaired) electrons. The van der Waals surface area contributed by atoms with Gasteiger partial charge in [-0.25, -0.2) is 0 Å². The zero-order valence-electron chi connectivity index (χ0n) is 7.08. The van der Waals surface area contributed by atoms with E-state index in [-0.39, 0.29) is 0 Å². The summed E-state index contributed by atoms with van der Waals surface area (Å²) in [6.07, 6.45) is 1.44. The van der Waals surface area contributed by atoms with Crippen LogP contribution in [0.2, 0.25) is 0 Å². The lowest BCUT2D eigenvalue weighted by Crippen LogP contribution is -2.17. The minimum atomic E-state index is -1.23. The summed E-state index contributed by atoms with van der Waals surface area (Å²) in [5, 5.41) is 18.3. The van der Waals surface area contributed by atoms with Crippen molar-refractivity contribution in [1.82, 2.24) is 0 Å². The maximum Gasteiger partial charge on any atom is 0.853 e. The summed E-state index contributed by atoms with van der Waals surface area (Å²) in [6.45, 7) is 8.25. The van der Waals surface area contributed by atoms with Gasteiger partial charge in [-0.1, -0.05) is 13.2 Å². The standard InChI is InChI=1S/2C3H4O2.C2H3F/c2*1-2-3(4)5;1-2-3/h2*2H,1H2,(H,4,5);1H3/q;;+2/p-2. The molecule has 4 nitrogen and oxygen atoms in total. The van der Waals surface area contributed by atoms with E-state index in [2.05, 4.69) is 13.2 Å². The maximum absolute atomic E-state index is 10.0. The van der Waals surface area contributed by atoms with E-state index < -0.39 is 11.9 Å². The van der Waals surface area contributed by atoms with E-state index in [4.69, 9.17) is 19.8 Å². The van der Waals surface area contributed by atoms with Crippen LogP contribution in [0.25, 0.3) is 0 Å². The lowest BCUT2D eigenvalue weighted by molar-refractivity contribution is -0.298. The number of carbonyl (C=O) groups excluding carboxylic acids is 2. The fraction of sp³-hybridized carbons (Fsp3) is 0.125. The van der Waals surface area contributed by atoms with Crippen molar-refractivity contribution in [2.24, 2.45) is 0 Å². The monoisotopic (exact) mass is 188 g/mol. The molecule has 0 aromatic carbocycles. The van der Waals surface area contributed by atoms with Crippen molar-refractivity contribution in [3.63, 3.8) is 0 Å². The molecule has 0 aliphatic carbocycles. The van der Waals surface area contributed by atoms with Crippen molar-refractivity contribution in [3.8, 4) is 0 Å². The van der Waals surface area contributed by atoms with E-state index in [1.165, 1.54) is 13.6 Å². The van der Waals surface area contributed by atoms with Crippen LogP contribution in [-0.4, -0.2) is 11.9 Å². The number of hydrogen-bond donors (Lipinski definition) is 0. The molecular formula is C8H9FO4. The molecule has 0 heterocycles. The first kappa shape index (κ1) is 17.3. The second-order valence-corrected chi connectivity index (χ2v) is 1.24. The average Bonchev–Trinajstić information content (AvgIpc) is 2.07. The summed E-state index contributed by atoms with van der Waals surface area (Å²) in [7, 11) is 0. The number of carboxylic acid groups (broad SMARTS) is 2. The highest BCUT2D eigenvalue weighted by molar-refractivity contribution is 5.76. The van der Waals surface area contributed by atoms with Gasteiger partial charge in [0.15, 0.2) is 0 Å². The van der Waals surface area contributed by atoms with Gasteiger partial charge < -0.3 is 19.8 Å². The number of halogens is 1. The Morgan fingerprint density at radius 1 is 1.23 bits per heavy atom. The molecule has 0 atom stereocenters. The molecular weight excluding hydrogens is 179 g/mol. The van der Waals surface area contributed by atoms with Crippen molar-refractivity contribution in [2.45, 2.75) is 6.92 Å². The van der Waals surface area contributed by atoms with Gasteiger partial charge in [-0.2, -0.15) is 0 Å². The topological polar surface area (TPSA) is 80.3 Å². The highest BCUT2D eigenvalue weighted by Gasteiger charge is 2.04. The lowest BCUT2D eigenvalue weighted by Gasteiger charge is -1.81. The third-order valence-corrected chi connectivity index (χ3v) is 0.333. The summed E-state index contributed by atoms with van der Waals surface area (Å²) < 4.78 is 10.0. The molecule has 0 aromatic rings. The molecule has 0 bridgehead atoms. The number of carboxylic acids is 2. The van der Waals surface area contributed by atoms with E-state index in [1.807, 2.05) is 0 Å². The Kier molecular flexibility index (Phi) is 22.1. The van der Waals surface area contributed by atoms with Gasteiger partial charge in [0.25, 0.3) is 0 Å². The molecule has 0 rings (SSSR count). The van der Waals surface area contributed by atoms with Crippen LogP contribution in [0.15, 0.2) is 25.3 Å². The van der Waals surface area contributed by atoms with E-state index >= 15 is 0 Å². The average molecular weight is 188 g/mol.